The molecular weight excluding hydrogens is 423 g/mol. The lowest BCUT2D eigenvalue weighted by Crippen LogP contribution is -2.47. The molecule has 1 unspecified atom stereocenters. The summed E-state index contributed by atoms with van der Waals surface area (Å²) in [5.74, 6) is -0.0914. The van der Waals surface area contributed by atoms with E-state index in [1.807, 2.05) is 24.1 Å². The summed E-state index contributed by atoms with van der Waals surface area (Å²) >= 11 is 0. The SMILES string of the molecule is CN1CCCC(N(C)C(=O)c2ccc(NC(=O)Cc3ccc(N)cc3)cc2)C1.Cl.Cl. The number of likely N-dealkylation sites (N-methyl/N-ethyl adjacent to an activating group) is 2. The predicted molar refractivity (Wildman–Crippen MR) is 127 cm³/mol. The normalized spacial score (nSPS) is 16.0. The Morgan fingerprint density at radius 2 is 1.73 bits per heavy atom. The van der Waals surface area contributed by atoms with Crippen LogP contribution in [0, 0.1) is 0 Å². The van der Waals surface area contributed by atoms with Crippen molar-refractivity contribution < 1.29 is 9.59 Å². The van der Waals surface area contributed by atoms with Crippen LogP contribution < -0.4 is 11.1 Å². The average molecular weight is 453 g/mol. The molecule has 1 saturated heterocycles. The minimum atomic E-state index is -0.105. The minimum Gasteiger partial charge on any atom is -0.399 e. The van der Waals surface area contributed by atoms with Gasteiger partial charge in [-0.25, -0.2) is 0 Å². The monoisotopic (exact) mass is 452 g/mol. The van der Waals surface area contributed by atoms with Crippen molar-refractivity contribution in [2.45, 2.75) is 25.3 Å². The van der Waals surface area contributed by atoms with Gasteiger partial charge in [0.25, 0.3) is 5.91 Å². The van der Waals surface area contributed by atoms with E-state index in [0.717, 1.165) is 31.5 Å². The molecule has 3 rings (SSSR count). The van der Waals surface area contributed by atoms with Gasteiger partial charge in [-0.05, 0) is 68.4 Å². The number of rotatable bonds is 5. The fourth-order valence-electron chi connectivity index (χ4n) is 3.55. The van der Waals surface area contributed by atoms with Gasteiger partial charge < -0.3 is 20.9 Å². The predicted octanol–water partition coefficient (Wildman–Crippen LogP) is 3.46. The number of amides is 2. The number of piperidine rings is 1. The molecule has 0 aliphatic carbocycles. The van der Waals surface area contributed by atoms with Gasteiger partial charge in [0, 0.05) is 36.6 Å². The number of nitrogens with two attached hydrogens (primary N) is 1. The van der Waals surface area contributed by atoms with Gasteiger partial charge in [0.15, 0.2) is 0 Å². The molecule has 1 atom stereocenters. The maximum atomic E-state index is 12.8. The number of benzene rings is 2. The molecule has 0 saturated carbocycles. The Bertz CT molecular complexity index is 828. The number of likely N-dealkylation sites (tertiary alicyclic amines) is 1. The van der Waals surface area contributed by atoms with Gasteiger partial charge in [-0.15, -0.1) is 24.8 Å². The number of nitrogens with one attached hydrogen (secondary N) is 1. The number of halogens is 2. The van der Waals surface area contributed by atoms with E-state index in [1.165, 1.54) is 0 Å². The standard InChI is InChI=1S/C22H28N4O2.2ClH/c1-25-13-3-4-20(15-25)26(2)22(28)17-7-11-19(12-8-17)24-21(27)14-16-5-9-18(23)10-6-16;;/h5-12,20H,3-4,13-15,23H2,1-2H3,(H,24,27);2*1H. The topological polar surface area (TPSA) is 78.7 Å². The zero-order valence-corrected chi connectivity index (χ0v) is 19.0. The molecule has 2 aromatic rings. The number of carbonyl (C=O) groups excluding carboxylic acids is 2. The van der Waals surface area contributed by atoms with Crippen LogP contribution in [0.15, 0.2) is 48.5 Å². The summed E-state index contributed by atoms with van der Waals surface area (Å²) < 4.78 is 0. The summed E-state index contributed by atoms with van der Waals surface area (Å²) in [7, 11) is 3.96. The van der Waals surface area contributed by atoms with Gasteiger partial charge in [0.1, 0.15) is 0 Å². The van der Waals surface area contributed by atoms with Crippen molar-refractivity contribution in [2.75, 3.05) is 38.2 Å². The van der Waals surface area contributed by atoms with Crippen LogP contribution in [-0.4, -0.2) is 54.8 Å². The molecule has 164 valence electrons. The van der Waals surface area contributed by atoms with Crippen molar-refractivity contribution in [3.63, 3.8) is 0 Å². The van der Waals surface area contributed by atoms with Gasteiger partial charge >= 0.3 is 0 Å². The van der Waals surface area contributed by atoms with Crippen LogP contribution >= 0.6 is 24.8 Å². The number of nitrogen functional groups attached to an aromatic ring is 1. The van der Waals surface area contributed by atoms with Crippen LogP contribution in [0.5, 0.6) is 0 Å². The van der Waals surface area contributed by atoms with Gasteiger partial charge in [0.05, 0.1) is 6.42 Å². The highest BCUT2D eigenvalue weighted by atomic mass is 35.5. The highest BCUT2D eigenvalue weighted by Gasteiger charge is 2.25. The van der Waals surface area contributed by atoms with Crippen LogP contribution in [0.1, 0.15) is 28.8 Å². The van der Waals surface area contributed by atoms with Crippen LogP contribution in [0.25, 0.3) is 0 Å². The molecule has 3 N–H and O–H groups in total. The van der Waals surface area contributed by atoms with Crippen molar-refractivity contribution in [1.82, 2.24) is 9.80 Å². The number of hydrogen-bond acceptors (Lipinski definition) is 4. The van der Waals surface area contributed by atoms with Crippen LogP contribution in [0.4, 0.5) is 11.4 Å². The molecule has 30 heavy (non-hydrogen) atoms. The van der Waals surface area contributed by atoms with Gasteiger partial charge in [0.2, 0.25) is 5.91 Å². The number of nitrogens with zero attached hydrogens (tertiary/aromatic N) is 2. The van der Waals surface area contributed by atoms with E-state index in [0.29, 0.717) is 16.9 Å². The average Bonchev–Trinajstić information content (AvgIpc) is 2.69. The number of hydrogen-bond donors (Lipinski definition) is 2. The summed E-state index contributed by atoms with van der Waals surface area (Å²) in [5.41, 5.74) is 8.55. The summed E-state index contributed by atoms with van der Waals surface area (Å²) in [6, 6.07) is 14.6. The minimum absolute atomic E-state index is 0. The zero-order valence-electron chi connectivity index (χ0n) is 17.3. The molecule has 0 radical (unpaired) electrons. The second-order valence-corrected chi connectivity index (χ2v) is 7.52. The molecule has 8 heteroatoms. The fourth-order valence-corrected chi connectivity index (χ4v) is 3.55. The Morgan fingerprint density at radius 3 is 2.33 bits per heavy atom. The number of carbonyl (C=O) groups is 2. The van der Waals surface area contributed by atoms with Crippen LogP contribution in [0.3, 0.4) is 0 Å². The fraction of sp³-hybridized carbons (Fsp3) is 0.364. The van der Waals surface area contributed by atoms with Crippen molar-refractivity contribution in [3.8, 4) is 0 Å². The molecule has 0 bridgehead atoms. The lowest BCUT2D eigenvalue weighted by molar-refractivity contribution is -0.115. The van der Waals surface area contributed by atoms with Crippen molar-refractivity contribution in [1.29, 1.82) is 0 Å². The third-order valence-electron chi connectivity index (χ3n) is 5.23. The quantitative estimate of drug-likeness (QED) is 0.680. The lowest BCUT2D eigenvalue weighted by Gasteiger charge is -2.35. The zero-order chi connectivity index (χ0) is 20.1. The van der Waals surface area contributed by atoms with Gasteiger partial charge in [-0.2, -0.15) is 0 Å². The molecule has 1 aliphatic heterocycles. The largest absolute Gasteiger partial charge is 0.399 e. The van der Waals surface area contributed by atoms with E-state index in [4.69, 9.17) is 5.73 Å². The molecule has 0 spiro atoms. The highest BCUT2D eigenvalue weighted by Crippen LogP contribution is 2.17. The molecule has 2 aromatic carbocycles. The van der Waals surface area contributed by atoms with Crippen LogP contribution in [0.2, 0.25) is 0 Å². The third-order valence-corrected chi connectivity index (χ3v) is 5.23. The summed E-state index contributed by atoms with van der Waals surface area (Å²) in [5, 5.41) is 2.87. The molecule has 0 aromatic heterocycles. The van der Waals surface area contributed by atoms with E-state index < -0.39 is 0 Å². The molecule has 1 aliphatic rings. The van der Waals surface area contributed by atoms with E-state index in [2.05, 4.69) is 17.3 Å². The summed E-state index contributed by atoms with van der Waals surface area (Å²) in [6.45, 7) is 1.99. The maximum absolute atomic E-state index is 12.8. The Hall–Kier alpha value is -2.28. The molecule has 6 nitrogen and oxygen atoms in total. The van der Waals surface area contributed by atoms with E-state index in [-0.39, 0.29) is 49.1 Å². The van der Waals surface area contributed by atoms with Crippen molar-refractivity contribution in [2.24, 2.45) is 0 Å². The van der Waals surface area contributed by atoms with E-state index >= 15 is 0 Å². The maximum Gasteiger partial charge on any atom is 0.253 e. The van der Waals surface area contributed by atoms with Crippen molar-refractivity contribution in [3.05, 3.63) is 59.7 Å². The van der Waals surface area contributed by atoms with E-state index in [1.54, 1.807) is 36.4 Å². The second-order valence-electron chi connectivity index (χ2n) is 7.52. The second kappa shape index (κ2) is 11.8. The van der Waals surface area contributed by atoms with Crippen LogP contribution in [-0.2, 0) is 11.2 Å². The Morgan fingerprint density at radius 1 is 1.10 bits per heavy atom. The Kier molecular flexibility index (Phi) is 10.1. The molecule has 2 amide bonds. The Labute approximate surface area is 190 Å². The molecular formula is C22H30Cl2N4O2. The smallest absolute Gasteiger partial charge is 0.253 e. The van der Waals surface area contributed by atoms with E-state index in [9.17, 15) is 9.59 Å². The Balaban J connectivity index is 0.00000225. The molecule has 1 heterocycles. The first-order chi connectivity index (χ1) is 13.4. The lowest BCUT2D eigenvalue weighted by atomic mass is 10.0. The van der Waals surface area contributed by atoms with Gasteiger partial charge in [-0.1, -0.05) is 12.1 Å². The highest BCUT2D eigenvalue weighted by molar-refractivity contribution is 5.96. The van der Waals surface area contributed by atoms with Crippen molar-refractivity contribution >= 4 is 48.0 Å². The third kappa shape index (κ3) is 6.90. The summed E-state index contributed by atoms with van der Waals surface area (Å²) in [4.78, 5) is 29.1. The summed E-state index contributed by atoms with van der Waals surface area (Å²) in [6.07, 6.45) is 2.42. The first-order valence-corrected chi connectivity index (χ1v) is 9.62. The first-order valence-electron chi connectivity index (χ1n) is 9.62. The number of anilines is 2. The van der Waals surface area contributed by atoms with Gasteiger partial charge in [-0.3, -0.25) is 9.59 Å². The first kappa shape index (κ1) is 25.8. The molecule has 1 fully saturated rings.